The molecule has 0 saturated heterocycles. The SMILES string of the molecule is CCCCC/C=C\C/C=C\CCCCCCCC(=O)OC[C@H](COP(=O)(O)OC[C@H](O)COP(=O)(O)OC[C@@H](COC(=O)CCCCCCC/C=C\CCCCCCCC)OC(=O)CCCCCCCCCCCCCCCCCCC)OC(=O)CCCCCCC/C=C\C/C=C\CCCCC. The third-order valence-corrected chi connectivity index (χ3v) is 19.9. The molecule has 0 aliphatic carbocycles. The van der Waals surface area contributed by atoms with E-state index in [1.165, 1.54) is 154 Å². The van der Waals surface area contributed by atoms with E-state index in [1.807, 2.05) is 0 Å². The molecule has 0 rings (SSSR count). The first-order chi connectivity index (χ1) is 49.7. The average molecular weight is 1480 g/mol. The molecule has 0 aromatic carbocycles. The predicted octanol–water partition coefficient (Wildman–Crippen LogP) is 24.2. The molecule has 2 unspecified atom stereocenters. The van der Waals surface area contributed by atoms with Crippen LogP contribution in [0, 0.1) is 0 Å². The Morgan fingerprint density at radius 3 is 0.755 bits per heavy atom. The highest BCUT2D eigenvalue weighted by molar-refractivity contribution is 7.47. The van der Waals surface area contributed by atoms with Crippen LogP contribution in [0.3, 0.4) is 0 Å². The van der Waals surface area contributed by atoms with Crippen molar-refractivity contribution in [2.75, 3.05) is 39.6 Å². The summed E-state index contributed by atoms with van der Waals surface area (Å²) in [7, 11) is -9.95. The van der Waals surface area contributed by atoms with E-state index in [0.29, 0.717) is 25.7 Å². The standard InChI is InChI=1S/C83H152O17P2/c1-5-9-13-17-21-25-29-33-37-38-42-46-50-54-58-62-66-70-83(88)100-79(74-94-81(86)68-64-60-56-52-48-44-40-35-31-27-23-19-15-11-7-3)76-98-102(91,92)96-72-77(84)71-95-101(89,90)97-75-78(99-82(87)69-65-61-57-53-49-45-41-36-32-28-24-20-16-12-8-4)73-93-80(85)67-63-59-55-51-47-43-39-34-30-26-22-18-14-10-6-2/h22,24,26,28,34-36,39-41,77-79,84H,5-21,23,25,27,29-33,37-38,42-76H2,1-4H3,(H,89,90)(H,91,92)/b26-22-,28-24-,39-34-,40-35-,41-36-/t77-,78+,79+/m0/s1. The maximum atomic E-state index is 13.1. The highest BCUT2D eigenvalue weighted by atomic mass is 31.2. The maximum absolute atomic E-state index is 13.1. The molecule has 0 bridgehead atoms. The van der Waals surface area contributed by atoms with Crippen molar-refractivity contribution < 1.29 is 80.2 Å². The van der Waals surface area contributed by atoms with Crippen LogP contribution < -0.4 is 0 Å². The lowest BCUT2D eigenvalue weighted by Crippen LogP contribution is -2.30. The number of allylic oxidation sites excluding steroid dienone is 10. The van der Waals surface area contributed by atoms with Gasteiger partial charge in [0.05, 0.1) is 26.4 Å². The van der Waals surface area contributed by atoms with Crippen LogP contribution >= 0.6 is 15.6 Å². The van der Waals surface area contributed by atoms with Gasteiger partial charge in [-0.1, -0.05) is 307 Å². The van der Waals surface area contributed by atoms with Gasteiger partial charge in [-0.25, -0.2) is 9.13 Å². The van der Waals surface area contributed by atoms with Crippen molar-refractivity contribution in [2.24, 2.45) is 0 Å². The van der Waals surface area contributed by atoms with E-state index in [-0.39, 0.29) is 25.7 Å². The third kappa shape index (κ3) is 75.0. The van der Waals surface area contributed by atoms with Crippen molar-refractivity contribution >= 4 is 39.5 Å². The summed E-state index contributed by atoms with van der Waals surface area (Å²) in [6, 6.07) is 0. The van der Waals surface area contributed by atoms with Crippen LogP contribution in [0.25, 0.3) is 0 Å². The normalized spacial score (nSPS) is 14.1. The van der Waals surface area contributed by atoms with Crippen LogP contribution in [0.5, 0.6) is 0 Å². The number of rotatable bonds is 79. The number of aliphatic hydroxyl groups is 1. The Bertz CT molecular complexity index is 2170. The number of esters is 4. The molecule has 102 heavy (non-hydrogen) atoms. The minimum atomic E-state index is -4.98. The molecule has 0 aliphatic heterocycles. The molecule has 0 aromatic rings. The summed E-state index contributed by atoms with van der Waals surface area (Å²) in [6.45, 7) is 4.87. The van der Waals surface area contributed by atoms with Gasteiger partial charge in [-0.15, -0.1) is 0 Å². The van der Waals surface area contributed by atoms with Crippen LogP contribution in [0.2, 0.25) is 0 Å². The second-order valence-corrected chi connectivity index (χ2v) is 31.0. The number of phosphoric ester groups is 2. The maximum Gasteiger partial charge on any atom is 0.472 e. The monoisotopic (exact) mass is 1480 g/mol. The van der Waals surface area contributed by atoms with Crippen LogP contribution in [0.15, 0.2) is 60.8 Å². The van der Waals surface area contributed by atoms with Gasteiger partial charge in [0, 0.05) is 25.7 Å². The molecular weight excluding hydrogens is 1330 g/mol. The van der Waals surface area contributed by atoms with Crippen molar-refractivity contribution in [1.29, 1.82) is 0 Å². The summed E-state index contributed by atoms with van der Waals surface area (Å²) in [4.78, 5) is 73.1. The van der Waals surface area contributed by atoms with E-state index in [0.717, 1.165) is 154 Å². The molecule has 5 atom stereocenters. The minimum absolute atomic E-state index is 0.0793. The Kier molecular flexibility index (Phi) is 73.6. The number of carbonyl (C=O) groups excluding carboxylic acids is 4. The second kappa shape index (κ2) is 76.0. The zero-order chi connectivity index (χ0) is 74.6. The molecule has 0 radical (unpaired) electrons. The van der Waals surface area contributed by atoms with Gasteiger partial charge in [0.25, 0.3) is 0 Å². The van der Waals surface area contributed by atoms with E-state index < -0.39 is 97.5 Å². The number of aliphatic hydroxyl groups excluding tert-OH is 1. The summed E-state index contributed by atoms with van der Waals surface area (Å²) < 4.78 is 68.7. The molecule has 0 saturated carbocycles. The smallest absolute Gasteiger partial charge is 0.462 e. The minimum Gasteiger partial charge on any atom is -0.462 e. The van der Waals surface area contributed by atoms with E-state index in [1.54, 1.807) is 0 Å². The molecule has 0 amide bonds. The molecule has 17 nitrogen and oxygen atoms in total. The zero-order valence-corrected chi connectivity index (χ0v) is 67.1. The van der Waals surface area contributed by atoms with Crippen molar-refractivity contribution in [1.82, 2.24) is 0 Å². The lowest BCUT2D eigenvalue weighted by atomic mass is 10.0. The Morgan fingerprint density at radius 2 is 0.480 bits per heavy atom. The van der Waals surface area contributed by atoms with Crippen molar-refractivity contribution in [3.63, 3.8) is 0 Å². The summed E-state index contributed by atoms with van der Waals surface area (Å²) >= 11 is 0. The topological polar surface area (TPSA) is 237 Å². The lowest BCUT2D eigenvalue weighted by molar-refractivity contribution is -0.161. The molecule has 596 valence electrons. The van der Waals surface area contributed by atoms with Crippen molar-refractivity contribution in [3.05, 3.63) is 60.8 Å². The van der Waals surface area contributed by atoms with E-state index in [4.69, 9.17) is 37.0 Å². The highest BCUT2D eigenvalue weighted by Gasteiger charge is 2.30. The first-order valence-electron chi connectivity index (χ1n) is 41.5. The van der Waals surface area contributed by atoms with Gasteiger partial charge < -0.3 is 33.8 Å². The second-order valence-electron chi connectivity index (χ2n) is 28.1. The molecular formula is C83H152O17P2. The fourth-order valence-electron chi connectivity index (χ4n) is 11.6. The summed E-state index contributed by atoms with van der Waals surface area (Å²) in [6.07, 6.45) is 76.1. The predicted molar refractivity (Wildman–Crippen MR) is 418 cm³/mol. The largest absolute Gasteiger partial charge is 0.472 e. The van der Waals surface area contributed by atoms with E-state index in [9.17, 15) is 43.2 Å². The van der Waals surface area contributed by atoms with Crippen LogP contribution in [0.1, 0.15) is 387 Å². The summed E-state index contributed by atoms with van der Waals surface area (Å²) in [5.74, 6) is -2.18. The fraction of sp³-hybridized carbons (Fsp3) is 0.831. The molecule has 19 heteroatoms. The lowest BCUT2D eigenvalue weighted by Gasteiger charge is -2.21. The number of phosphoric acid groups is 2. The third-order valence-electron chi connectivity index (χ3n) is 18.0. The molecule has 0 aliphatic rings. The quantitative estimate of drug-likeness (QED) is 0.0169. The van der Waals surface area contributed by atoms with Crippen molar-refractivity contribution in [3.8, 4) is 0 Å². The number of carbonyl (C=O) groups is 4. The van der Waals surface area contributed by atoms with Crippen molar-refractivity contribution in [2.45, 2.75) is 406 Å². The summed E-state index contributed by atoms with van der Waals surface area (Å²) in [5.41, 5.74) is 0. The van der Waals surface area contributed by atoms with Gasteiger partial charge in [0.2, 0.25) is 0 Å². The highest BCUT2D eigenvalue weighted by Crippen LogP contribution is 2.45. The number of hydrogen-bond acceptors (Lipinski definition) is 15. The molecule has 0 fully saturated rings. The van der Waals surface area contributed by atoms with Gasteiger partial charge in [-0.2, -0.15) is 0 Å². The summed E-state index contributed by atoms with van der Waals surface area (Å²) in [5, 5.41) is 10.7. The Hall–Kier alpha value is -3.24. The van der Waals surface area contributed by atoms with E-state index in [2.05, 4.69) is 88.5 Å². The fourth-order valence-corrected chi connectivity index (χ4v) is 13.2. The van der Waals surface area contributed by atoms with Crippen LogP contribution in [0.4, 0.5) is 0 Å². The van der Waals surface area contributed by atoms with Gasteiger partial charge in [0.15, 0.2) is 12.2 Å². The average Bonchev–Trinajstić information content (AvgIpc) is 0.922. The van der Waals surface area contributed by atoms with Gasteiger partial charge in [0.1, 0.15) is 19.3 Å². The number of ether oxygens (including phenoxy) is 4. The van der Waals surface area contributed by atoms with Gasteiger partial charge >= 0.3 is 39.5 Å². The first-order valence-corrected chi connectivity index (χ1v) is 44.5. The molecule has 0 spiro atoms. The first kappa shape index (κ1) is 98.8. The molecule has 0 heterocycles. The zero-order valence-electron chi connectivity index (χ0n) is 65.3. The van der Waals surface area contributed by atoms with Gasteiger partial charge in [-0.05, 0) is 116 Å². The van der Waals surface area contributed by atoms with Crippen LogP contribution in [-0.4, -0.2) is 96.7 Å². The number of unbranched alkanes of at least 4 members (excludes halogenated alkanes) is 43. The Labute approximate surface area is 622 Å². The van der Waals surface area contributed by atoms with E-state index >= 15 is 0 Å². The molecule has 3 N–H and O–H groups in total. The molecule has 0 aromatic heterocycles. The Balaban J connectivity index is 5.35. The Morgan fingerprint density at radius 1 is 0.275 bits per heavy atom. The number of hydrogen-bond donors (Lipinski definition) is 3. The van der Waals surface area contributed by atoms with Gasteiger partial charge in [-0.3, -0.25) is 37.3 Å². The van der Waals surface area contributed by atoms with Crippen LogP contribution in [-0.2, 0) is 65.4 Å².